The van der Waals surface area contributed by atoms with Gasteiger partial charge in [-0.1, -0.05) is 0 Å². The van der Waals surface area contributed by atoms with E-state index < -0.39 is 5.97 Å². The predicted molar refractivity (Wildman–Crippen MR) is 58.6 cm³/mol. The summed E-state index contributed by atoms with van der Waals surface area (Å²) in [4.78, 5) is 11.0. The highest BCUT2D eigenvalue weighted by atomic mass is 16.6. The first-order chi connectivity index (χ1) is 7.76. The predicted octanol–water partition coefficient (Wildman–Crippen LogP) is 0.266. The Balaban J connectivity index is 2.40. The highest BCUT2D eigenvalue weighted by Crippen LogP contribution is 2.16. The van der Waals surface area contributed by atoms with Gasteiger partial charge in [0.15, 0.2) is 6.61 Å². The average Bonchev–Trinajstić information content (AvgIpc) is 2.29. The summed E-state index contributed by atoms with van der Waals surface area (Å²) in [5.74, 6) is 0.669. The maximum absolute atomic E-state index is 11.0. The van der Waals surface area contributed by atoms with Crippen LogP contribution in [0.1, 0.15) is 6.92 Å². The van der Waals surface area contributed by atoms with Gasteiger partial charge in [-0.15, -0.1) is 0 Å². The van der Waals surface area contributed by atoms with Gasteiger partial charge in [-0.2, -0.15) is 0 Å². The lowest BCUT2D eigenvalue weighted by atomic mass is 10.3. The molecular formula is C10H13BO5. The van der Waals surface area contributed by atoms with E-state index in [1.165, 1.54) is 0 Å². The molecule has 0 radical (unpaired) electrons. The van der Waals surface area contributed by atoms with Crippen molar-refractivity contribution in [3.05, 3.63) is 24.3 Å². The van der Waals surface area contributed by atoms with Gasteiger partial charge < -0.3 is 19.2 Å². The molecule has 1 rings (SSSR count). The van der Waals surface area contributed by atoms with Crippen molar-refractivity contribution in [1.82, 2.24) is 0 Å². The number of esters is 1. The van der Waals surface area contributed by atoms with Gasteiger partial charge in [-0.05, 0) is 31.2 Å². The zero-order chi connectivity index (χ0) is 11.8. The van der Waals surface area contributed by atoms with Gasteiger partial charge >= 0.3 is 13.7 Å². The number of rotatable bonds is 6. The molecule has 0 spiro atoms. The van der Waals surface area contributed by atoms with Crippen LogP contribution in [0.15, 0.2) is 24.3 Å². The second-order valence-corrected chi connectivity index (χ2v) is 2.84. The first-order valence-electron chi connectivity index (χ1n) is 4.88. The van der Waals surface area contributed by atoms with E-state index in [1.54, 1.807) is 31.2 Å². The Morgan fingerprint density at radius 1 is 1.31 bits per heavy atom. The molecule has 1 aromatic carbocycles. The summed E-state index contributed by atoms with van der Waals surface area (Å²) < 4.78 is 14.7. The largest absolute Gasteiger partial charge is 0.539 e. The van der Waals surface area contributed by atoms with Gasteiger partial charge in [0.05, 0.1) is 6.61 Å². The standard InChI is InChI=1S/C10H13BO5/c1-2-14-10(12)7-15-8-3-5-9(6-4-8)16-11-13/h3-6,11,13H,2,7H2,1H3. The minimum Gasteiger partial charge on any atom is -0.539 e. The molecule has 0 saturated carbocycles. The van der Waals surface area contributed by atoms with Gasteiger partial charge in [0.2, 0.25) is 0 Å². The van der Waals surface area contributed by atoms with Crippen LogP contribution in [0.25, 0.3) is 0 Å². The van der Waals surface area contributed by atoms with Crippen LogP contribution >= 0.6 is 0 Å². The molecule has 0 aliphatic carbocycles. The lowest BCUT2D eigenvalue weighted by Crippen LogP contribution is -2.14. The van der Waals surface area contributed by atoms with E-state index in [9.17, 15) is 4.79 Å². The lowest BCUT2D eigenvalue weighted by molar-refractivity contribution is -0.145. The van der Waals surface area contributed by atoms with Gasteiger partial charge in [-0.3, -0.25) is 0 Å². The first kappa shape index (κ1) is 12.4. The summed E-state index contributed by atoms with van der Waals surface area (Å²) >= 11 is 0. The number of hydrogen-bond donors (Lipinski definition) is 1. The number of ether oxygens (including phenoxy) is 2. The fourth-order valence-electron chi connectivity index (χ4n) is 1.05. The maximum atomic E-state index is 11.0. The smallest absolute Gasteiger partial charge is 0.504 e. The van der Waals surface area contributed by atoms with Crippen molar-refractivity contribution in [2.75, 3.05) is 13.2 Å². The Hall–Kier alpha value is -1.69. The van der Waals surface area contributed by atoms with Crippen LogP contribution in [0.5, 0.6) is 11.5 Å². The summed E-state index contributed by atoms with van der Waals surface area (Å²) in [7, 11) is -0.372. The van der Waals surface area contributed by atoms with Crippen molar-refractivity contribution < 1.29 is 23.9 Å². The second-order valence-electron chi connectivity index (χ2n) is 2.84. The third-order valence-corrected chi connectivity index (χ3v) is 1.72. The van der Waals surface area contributed by atoms with E-state index in [0.29, 0.717) is 18.1 Å². The van der Waals surface area contributed by atoms with E-state index in [0.717, 1.165) is 0 Å². The van der Waals surface area contributed by atoms with E-state index >= 15 is 0 Å². The minimum atomic E-state index is -0.404. The van der Waals surface area contributed by atoms with Crippen molar-refractivity contribution in [3.63, 3.8) is 0 Å². The summed E-state index contributed by atoms with van der Waals surface area (Å²) in [6.45, 7) is 1.96. The molecule has 0 amide bonds. The van der Waals surface area contributed by atoms with Crippen molar-refractivity contribution in [2.45, 2.75) is 6.92 Å². The number of carbonyl (C=O) groups excluding carboxylic acids is 1. The molecule has 0 aliphatic rings. The topological polar surface area (TPSA) is 65.0 Å². The van der Waals surface area contributed by atoms with E-state index in [4.69, 9.17) is 19.2 Å². The molecule has 0 aliphatic heterocycles. The Bertz CT molecular complexity index is 324. The molecule has 16 heavy (non-hydrogen) atoms. The molecular weight excluding hydrogens is 211 g/mol. The molecule has 5 nitrogen and oxygen atoms in total. The SMILES string of the molecule is CCOC(=O)COc1ccc(OBO)cc1. The Kier molecular flexibility index (Phi) is 5.21. The molecule has 86 valence electrons. The molecule has 0 saturated heterocycles. The maximum Gasteiger partial charge on any atom is 0.504 e. The van der Waals surface area contributed by atoms with Crippen LogP contribution in [-0.4, -0.2) is 31.9 Å². The molecule has 0 bridgehead atoms. The zero-order valence-corrected chi connectivity index (χ0v) is 9.01. The van der Waals surface area contributed by atoms with E-state index in [-0.39, 0.29) is 14.3 Å². The second kappa shape index (κ2) is 6.74. The Morgan fingerprint density at radius 2 is 1.94 bits per heavy atom. The molecule has 0 heterocycles. The van der Waals surface area contributed by atoms with Crippen molar-refractivity contribution in [2.24, 2.45) is 0 Å². The van der Waals surface area contributed by atoms with Gasteiger partial charge in [0.25, 0.3) is 0 Å². The summed E-state index contributed by atoms with van der Waals surface area (Å²) in [6, 6.07) is 6.56. The van der Waals surface area contributed by atoms with Gasteiger partial charge in [-0.25, -0.2) is 4.79 Å². The third kappa shape index (κ3) is 4.23. The molecule has 0 unspecified atom stereocenters. The van der Waals surface area contributed by atoms with Crippen molar-refractivity contribution in [1.29, 1.82) is 0 Å². The van der Waals surface area contributed by atoms with Crippen LogP contribution in [-0.2, 0) is 9.53 Å². The fourth-order valence-corrected chi connectivity index (χ4v) is 1.05. The van der Waals surface area contributed by atoms with Crippen molar-refractivity contribution >= 4 is 13.7 Å². The number of hydrogen-bond acceptors (Lipinski definition) is 5. The summed E-state index contributed by atoms with van der Waals surface area (Å²) in [5.41, 5.74) is 0. The van der Waals surface area contributed by atoms with E-state index in [1.807, 2.05) is 0 Å². The molecule has 0 fully saturated rings. The first-order valence-corrected chi connectivity index (χ1v) is 4.88. The average molecular weight is 224 g/mol. The van der Waals surface area contributed by atoms with Gasteiger partial charge in [0, 0.05) is 0 Å². The molecule has 6 heteroatoms. The highest BCUT2D eigenvalue weighted by Gasteiger charge is 2.02. The third-order valence-electron chi connectivity index (χ3n) is 1.72. The highest BCUT2D eigenvalue weighted by molar-refractivity contribution is 6.17. The van der Waals surface area contributed by atoms with Crippen molar-refractivity contribution in [3.8, 4) is 11.5 Å². The van der Waals surface area contributed by atoms with Crippen LogP contribution < -0.4 is 9.39 Å². The Morgan fingerprint density at radius 3 is 2.50 bits per heavy atom. The normalized spacial score (nSPS) is 9.38. The van der Waals surface area contributed by atoms with Crippen LogP contribution in [0.4, 0.5) is 0 Å². The van der Waals surface area contributed by atoms with Gasteiger partial charge in [0.1, 0.15) is 11.5 Å². The minimum absolute atomic E-state index is 0.117. The van der Waals surface area contributed by atoms with Crippen LogP contribution in [0.2, 0.25) is 0 Å². The number of benzene rings is 1. The van der Waals surface area contributed by atoms with Crippen LogP contribution in [0, 0.1) is 0 Å². The summed E-state index contributed by atoms with van der Waals surface area (Å²) in [5, 5.41) is 8.51. The summed E-state index contributed by atoms with van der Waals surface area (Å²) in [6.07, 6.45) is 0. The lowest BCUT2D eigenvalue weighted by Gasteiger charge is -2.06. The zero-order valence-electron chi connectivity index (χ0n) is 9.01. The monoisotopic (exact) mass is 224 g/mol. The molecule has 0 aromatic heterocycles. The fraction of sp³-hybridized carbons (Fsp3) is 0.300. The Labute approximate surface area is 94.2 Å². The molecule has 1 aromatic rings. The van der Waals surface area contributed by atoms with Crippen LogP contribution in [0.3, 0.4) is 0 Å². The molecule has 0 atom stereocenters. The number of carbonyl (C=O) groups is 1. The molecule has 1 N–H and O–H groups in total. The van der Waals surface area contributed by atoms with E-state index in [2.05, 4.69) is 0 Å². The quantitative estimate of drug-likeness (QED) is 0.554.